The van der Waals surface area contributed by atoms with Crippen molar-refractivity contribution in [2.45, 2.75) is 75.9 Å². The Labute approximate surface area is 149 Å². The van der Waals surface area contributed by atoms with E-state index in [1.165, 1.54) is 12.8 Å². The highest BCUT2D eigenvalue weighted by atomic mass is 16.2. The van der Waals surface area contributed by atoms with Gasteiger partial charge in [-0.25, -0.2) is 0 Å². The maximum absolute atomic E-state index is 12.5. The highest BCUT2D eigenvalue weighted by Crippen LogP contribution is 2.43. The number of carbonyl (C=O) groups is 2. The molecule has 3 fully saturated rings. The minimum Gasteiger partial charge on any atom is -0.353 e. The number of nitrogens with zero attached hydrogens (tertiary/aromatic N) is 2. The topological polar surface area (TPSA) is 62.3 Å². The van der Waals surface area contributed by atoms with Crippen molar-refractivity contribution in [1.29, 1.82) is 0 Å². The number of likely N-dealkylation sites (tertiary alicyclic amines) is 1. The molecule has 0 unspecified atom stereocenters. The first-order valence-corrected chi connectivity index (χ1v) is 9.63. The normalized spacial score (nSPS) is 29.2. The van der Waals surface area contributed by atoms with Crippen LogP contribution in [0.2, 0.25) is 0 Å². The van der Waals surface area contributed by atoms with Crippen LogP contribution < -0.4 is 5.32 Å². The van der Waals surface area contributed by atoms with Crippen LogP contribution in [0.3, 0.4) is 0 Å². The molecule has 0 aromatic carbocycles. The summed E-state index contributed by atoms with van der Waals surface area (Å²) in [4.78, 5) is 30.7. The molecule has 25 heavy (non-hydrogen) atoms. The molecule has 0 radical (unpaired) electrons. The van der Waals surface area contributed by atoms with Gasteiger partial charge in [0.25, 0.3) is 0 Å². The maximum atomic E-state index is 12.5. The van der Waals surface area contributed by atoms with E-state index in [-0.39, 0.29) is 23.4 Å². The van der Waals surface area contributed by atoms with Crippen LogP contribution in [0.15, 0.2) is 24.5 Å². The zero-order valence-corrected chi connectivity index (χ0v) is 14.7. The summed E-state index contributed by atoms with van der Waals surface area (Å²) in [6.07, 6.45) is 12.3. The average Bonchev–Trinajstić information content (AvgIpc) is 3.39. The minimum absolute atomic E-state index is 0.00191. The summed E-state index contributed by atoms with van der Waals surface area (Å²) < 4.78 is 0. The number of carbonyl (C=O) groups excluding carboxylic acids is 2. The van der Waals surface area contributed by atoms with E-state index in [1.807, 2.05) is 12.1 Å². The molecule has 1 N–H and O–H groups in total. The van der Waals surface area contributed by atoms with E-state index in [4.69, 9.17) is 0 Å². The smallest absolute Gasteiger partial charge is 0.223 e. The fourth-order valence-corrected chi connectivity index (χ4v) is 4.49. The van der Waals surface area contributed by atoms with E-state index in [9.17, 15) is 9.59 Å². The Morgan fingerprint density at radius 1 is 1.16 bits per heavy atom. The minimum atomic E-state index is -0.00191. The van der Waals surface area contributed by atoms with Crippen LogP contribution in [0.25, 0.3) is 0 Å². The van der Waals surface area contributed by atoms with Gasteiger partial charge in [-0.1, -0.05) is 0 Å². The summed E-state index contributed by atoms with van der Waals surface area (Å²) in [5, 5.41) is 3.22. The van der Waals surface area contributed by atoms with E-state index < -0.39 is 0 Å². The van der Waals surface area contributed by atoms with Gasteiger partial charge in [-0.15, -0.1) is 0 Å². The molecular formula is C20H27N3O2. The Balaban J connectivity index is 1.36. The van der Waals surface area contributed by atoms with Gasteiger partial charge in [-0.3, -0.25) is 14.6 Å². The zero-order valence-electron chi connectivity index (χ0n) is 14.7. The second-order valence-electron chi connectivity index (χ2n) is 8.05. The van der Waals surface area contributed by atoms with Crippen molar-refractivity contribution in [3.63, 3.8) is 0 Å². The largest absolute Gasteiger partial charge is 0.353 e. The van der Waals surface area contributed by atoms with Gasteiger partial charge in [0.1, 0.15) is 0 Å². The Morgan fingerprint density at radius 2 is 1.88 bits per heavy atom. The number of hydrogen-bond acceptors (Lipinski definition) is 3. The molecule has 1 aromatic rings. The molecule has 2 heterocycles. The molecule has 0 atom stereocenters. The monoisotopic (exact) mass is 341 g/mol. The van der Waals surface area contributed by atoms with Crippen molar-refractivity contribution >= 4 is 11.8 Å². The number of aromatic nitrogens is 1. The molecule has 1 spiro atoms. The van der Waals surface area contributed by atoms with E-state index in [1.54, 1.807) is 12.4 Å². The molecule has 1 aromatic heterocycles. The molecule has 4 rings (SSSR count). The van der Waals surface area contributed by atoms with Crippen LogP contribution >= 0.6 is 0 Å². The third kappa shape index (κ3) is 3.70. The Morgan fingerprint density at radius 3 is 2.56 bits per heavy atom. The number of pyridine rings is 1. The average molecular weight is 341 g/mol. The quantitative estimate of drug-likeness (QED) is 0.896. The van der Waals surface area contributed by atoms with E-state index in [0.717, 1.165) is 37.7 Å². The summed E-state index contributed by atoms with van der Waals surface area (Å²) in [5.41, 5.74) is 1.14. The van der Waals surface area contributed by atoms with Crippen LogP contribution in [0.4, 0.5) is 0 Å². The summed E-state index contributed by atoms with van der Waals surface area (Å²) in [7, 11) is 0. The SMILES string of the molecule is O=C(CC1CC1)NC1CCC2(CCC(=O)N2Cc2ccncc2)CC1. The second-order valence-corrected chi connectivity index (χ2v) is 8.05. The highest BCUT2D eigenvalue weighted by Gasteiger charge is 2.47. The first-order valence-electron chi connectivity index (χ1n) is 9.63. The first kappa shape index (κ1) is 16.6. The van der Waals surface area contributed by atoms with Crippen LogP contribution in [0, 0.1) is 5.92 Å². The van der Waals surface area contributed by atoms with Crippen molar-refractivity contribution in [2.75, 3.05) is 0 Å². The van der Waals surface area contributed by atoms with Crippen LogP contribution in [-0.4, -0.2) is 33.3 Å². The van der Waals surface area contributed by atoms with Crippen LogP contribution in [0.1, 0.15) is 63.4 Å². The molecule has 134 valence electrons. The maximum Gasteiger partial charge on any atom is 0.223 e. The Bertz CT molecular complexity index is 634. The number of amides is 2. The standard InChI is InChI=1S/C20H27N3O2/c24-18(13-15-1-2-15)22-17-3-8-20(9-4-17)10-5-19(25)23(20)14-16-6-11-21-12-7-16/h6-7,11-12,15,17H,1-5,8-10,13-14H2,(H,22,24). The van der Waals surface area contributed by atoms with Gasteiger partial charge in [0.15, 0.2) is 0 Å². The predicted molar refractivity (Wildman–Crippen MR) is 94.5 cm³/mol. The number of hydrogen-bond donors (Lipinski definition) is 1. The first-order chi connectivity index (χ1) is 12.1. The molecule has 2 aliphatic carbocycles. The molecule has 1 saturated heterocycles. The van der Waals surface area contributed by atoms with Crippen molar-refractivity contribution in [1.82, 2.24) is 15.2 Å². The van der Waals surface area contributed by atoms with Gasteiger partial charge in [-0.2, -0.15) is 0 Å². The van der Waals surface area contributed by atoms with Gasteiger partial charge in [0.2, 0.25) is 11.8 Å². The molecule has 1 aliphatic heterocycles. The number of nitrogens with one attached hydrogen (secondary N) is 1. The van der Waals surface area contributed by atoms with Crippen molar-refractivity contribution < 1.29 is 9.59 Å². The molecule has 3 aliphatic rings. The third-order valence-electron chi connectivity index (χ3n) is 6.22. The Kier molecular flexibility index (Phi) is 4.48. The molecular weight excluding hydrogens is 314 g/mol. The lowest BCUT2D eigenvalue weighted by Gasteiger charge is -2.44. The summed E-state index contributed by atoms with van der Waals surface area (Å²) >= 11 is 0. The highest BCUT2D eigenvalue weighted by molar-refractivity contribution is 5.80. The lowest BCUT2D eigenvalue weighted by Crippen LogP contribution is -2.51. The second kappa shape index (κ2) is 6.77. The van der Waals surface area contributed by atoms with E-state index in [0.29, 0.717) is 25.3 Å². The zero-order chi connectivity index (χ0) is 17.3. The van der Waals surface area contributed by atoms with Crippen molar-refractivity contribution in [3.05, 3.63) is 30.1 Å². The van der Waals surface area contributed by atoms with E-state index in [2.05, 4.69) is 15.2 Å². The van der Waals surface area contributed by atoms with Gasteiger partial charge in [0, 0.05) is 43.4 Å². The number of rotatable bonds is 5. The predicted octanol–water partition coefficient (Wildman–Crippen LogP) is 2.80. The lowest BCUT2D eigenvalue weighted by atomic mass is 9.77. The Hall–Kier alpha value is -1.91. The van der Waals surface area contributed by atoms with Crippen LogP contribution in [0.5, 0.6) is 0 Å². The van der Waals surface area contributed by atoms with Crippen molar-refractivity contribution in [3.8, 4) is 0 Å². The van der Waals surface area contributed by atoms with Crippen LogP contribution in [-0.2, 0) is 16.1 Å². The summed E-state index contributed by atoms with van der Waals surface area (Å²) in [6.45, 7) is 0.681. The molecule has 2 saturated carbocycles. The van der Waals surface area contributed by atoms with Gasteiger partial charge < -0.3 is 10.2 Å². The fraction of sp³-hybridized carbons (Fsp3) is 0.650. The summed E-state index contributed by atoms with van der Waals surface area (Å²) in [6, 6.07) is 4.27. The summed E-state index contributed by atoms with van der Waals surface area (Å²) in [5.74, 6) is 1.13. The molecule has 5 heteroatoms. The van der Waals surface area contributed by atoms with Gasteiger partial charge >= 0.3 is 0 Å². The lowest BCUT2D eigenvalue weighted by molar-refractivity contribution is -0.133. The molecule has 5 nitrogen and oxygen atoms in total. The fourth-order valence-electron chi connectivity index (χ4n) is 4.49. The third-order valence-corrected chi connectivity index (χ3v) is 6.22. The molecule has 2 amide bonds. The van der Waals surface area contributed by atoms with Crippen molar-refractivity contribution in [2.24, 2.45) is 5.92 Å². The molecule has 0 bridgehead atoms. The van der Waals surface area contributed by atoms with Gasteiger partial charge in [-0.05, 0) is 68.6 Å². The van der Waals surface area contributed by atoms with Gasteiger partial charge in [0.05, 0.1) is 0 Å². The van der Waals surface area contributed by atoms with E-state index >= 15 is 0 Å².